The number of carbonyl (C=O) groups excluding carboxylic acids is 1. The van der Waals surface area contributed by atoms with Crippen molar-refractivity contribution >= 4 is 27.4 Å². The van der Waals surface area contributed by atoms with Gasteiger partial charge < -0.3 is 5.32 Å². The SMILES string of the molecule is CCN(c1ccccc1)S(=O)(=O)c1cccc(C(=O)Nc2ccnn2Cc2cccc(C)c2)c1. The summed E-state index contributed by atoms with van der Waals surface area (Å²) < 4.78 is 29.7. The number of rotatable bonds is 8. The number of aryl methyl sites for hydroxylation is 1. The molecule has 0 bridgehead atoms. The van der Waals surface area contributed by atoms with Gasteiger partial charge in [-0.15, -0.1) is 0 Å². The lowest BCUT2D eigenvalue weighted by Gasteiger charge is -2.23. The lowest BCUT2D eigenvalue weighted by atomic mass is 10.1. The molecule has 0 saturated heterocycles. The molecule has 0 aliphatic rings. The number of nitrogens with zero attached hydrogens (tertiary/aromatic N) is 3. The Hall–Kier alpha value is -3.91. The number of amides is 1. The highest BCUT2D eigenvalue weighted by Gasteiger charge is 2.24. The van der Waals surface area contributed by atoms with Crippen LogP contribution >= 0.6 is 0 Å². The highest BCUT2D eigenvalue weighted by molar-refractivity contribution is 7.92. The fourth-order valence-corrected chi connectivity index (χ4v) is 5.27. The fourth-order valence-electron chi connectivity index (χ4n) is 3.75. The van der Waals surface area contributed by atoms with Gasteiger partial charge in [-0.1, -0.05) is 54.1 Å². The molecule has 34 heavy (non-hydrogen) atoms. The van der Waals surface area contributed by atoms with Crippen LogP contribution in [0, 0.1) is 6.92 Å². The molecule has 1 amide bonds. The highest BCUT2D eigenvalue weighted by atomic mass is 32.2. The first-order valence-corrected chi connectivity index (χ1v) is 12.4. The van der Waals surface area contributed by atoms with Crippen LogP contribution in [0.3, 0.4) is 0 Å². The van der Waals surface area contributed by atoms with Gasteiger partial charge in [0, 0.05) is 18.2 Å². The van der Waals surface area contributed by atoms with Crippen molar-refractivity contribution in [2.45, 2.75) is 25.3 Å². The molecule has 1 N–H and O–H groups in total. The predicted molar refractivity (Wildman–Crippen MR) is 134 cm³/mol. The average molecular weight is 475 g/mol. The van der Waals surface area contributed by atoms with Gasteiger partial charge in [-0.3, -0.25) is 9.10 Å². The van der Waals surface area contributed by atoms with E-state index >= 15 is 0 Å². The van der Waals surface area contributed by atoms with Gasteiger partial charge in [0.1, 0.15) is 5.82 Å². The number of benzene rings is 3. The van der Waals surface area contributed by atoms with Crippen LogP contribution in [-0.2, 0) is 16.6 Å². The Morgan fingerprint density at radius 3 is 2.47 bits per heavy atom. The molecule has 0 fully saturated rings. The first-order chi connectivity index (χ1) is 16.4. The van der Waals surface area contributed by atoms with Gasteiger partial charge in [-0.25, -0.2) is 13.1 Å². The smallest absolute Gasteiger partial charge is 0.264 e. The Bertz CT molecular complexity index is 1400. The zero-order valence-corrected chi connectivity index (χ0v) is 19.9. The number of aromatic nitrogens is 2. The van der Waals surface area contributed by atoms with Gasteiger partial charge in [0.15, 0.2) is 0 Å². The molecule has 0 saturated carbocycles. The topological polar surface area (TPSA) is 84.3 Å². The number of nitrogens with one attached hydrogen (secondary N) is 1. The molecule has 1 aromatic heterocycles. The first kappa shape index (κ1) is 23.3. The van der Waals surface area contributed by atoms with Crippen molar-refractivity contribution in [2.75, 3.05) is 16.2 Å². The number of sulfonamides is 1. The Balaban J connectivity index is 1.56. The van der Waals surface area contributed by atoms with Gasteiger partial charge in [0.25, 0.3) is 15.9 Å². The van der Waals surface area contributed by atoms with Crippen molar-refractivity contribution < 1.29 is 13.2 Å². The predicted octanol–water partition coefficient (Wildman–Crippen LogP) is 4.71. The van der Waals surface area contributed by atoms with E-state index in [-0.39, 0.29) is 17.0 Å². The van der Waals surface area contributed by atoms with E-state index in [4.69, 9.17) is 0 Å². The first-order valence-electron chi connectivity index (χ1n) is 10.9. The van der Waals surface area contributed by atoms with E-state index in [0.29, 0.717) is 18.1 Å². The molecule has 174 valence electrons. The summed E-state index contributed by atoms with van der Waals surface area (Å²) in [4.78, 5) is 13.1. The number of anilines is 2. The van der Waals surface area contributed by atoms with Crippen molar-refractivity contribution in [2.24, 2.45) is 0 Å². The van der Waals surface area contributed by atoms with E-state index in [0.717, 1.165) is 11.1 Å². The summed E-state index contributed by atoms with van der Waals surface area (Å²) in [7, 11) is -3.84. The molecule has 0 aliphatic carbocycles. The number of carbonyl (C=O) groups is 1. The summed E-state index contributed by atoms with van der Waals surface area (Å²) in [5, 5.41) is 7.16. The summed E-state index contributed by atoms with van der Waals surface area (Å²) in [5.41, 5.74) is 3.02. The van der Waals surface area contributed by atoms with Crippen molar-refractivity contribution in [1.29, 1.82) is 0 Å². The van der Waals surface area contributed by atoms with Crippen LogP contribution in [-0.4, -0.2) is 30.7 Å². The molecular weight excluding hydrogens is 448 g/mol. The van der Waals surface area contributed by atoms with Crippen molar-refractivity contribution in [3.63, 3.8) is 0 Å². The Morgan fingerprint density at radius 1 is 0.971 bits per heavy atom. The molecule has 1 heterocycles. The van der Waals surface area contributed by atoms with Crippen LogP contribution in [0.2, 0.25) is 0 Å². The molecule has 0 radical (unpaired) electrons. The van der Waals surface area contributed by atoms with E-state index in [1.165, 1.54) is 16.4 Å². The zero-order chi connectivity index (χ0) is 24.1. The second-order valence-electron chi connectivity index (χ2n) is 7.85. The van der Waals surface area contributed by atoms with E-state index in [9.17, 15) is 13.2 Å². The maximum absolute atomic E-state index is 13.3. The molecule has 0 aliphatic heterocycles. The third kappa shape index (κ3) is 5.02. The van der Waals surface area contributed by atoms with E-state index < -0.39 is 15.9 Å². The van der Waals surface area contributed by atoms with E-state index in [1.54, 1.807) is 60.3 Å². The molecular formula is C26H26N4O3S. The lowest BCUT2D eigenvalue weighted by Crippen LogP contribution is -2.31. The molecule has 4 rings (SSSR count). The zero-order valence-electron chi connectivity index (χ0n) is 19.0. The summed E-state index contributed by atoms with van der Waals surface area (Å²) in [6.07, 6.45) is 1.62. The minimum atomic E-state index is -3.84. The third-order valence-corrected chi connectivity index (χ3v) is 7.29. The molecule has 0 atom stereocenters. The number of para-hydroxylation sites is 1. The molecule has 7 nitrogen and oxygen atoms in total. The molecule has 0 spiro atoms. The van der Waals surface area contributed by atoms with Crippen LogP contribution in [0.15, 0.2) is 96.0 Å². The summed E-state index contributed by atoms with van der Waals surface area (Å²) in [6.45, 7) is 4.56. The van der Waals surface area contributed by atoms with Crippen molar-refractivity contribution in [3.05, 3.63) is 108 Å². The monoisotopic (exact) mass is 474 g/mol. The fraction of sp³-hybridized carbons (Fsp3) is 0.154. The van der Waals surface area contributed by atoms with E-state index in [2.05, 4.69) is 16.5 Å². The van der Waals surface area contributed by atoms with Gasteiger partial charge in [-0.05, 0) is 49.7 Å². The molecule has 8 heteroatoms. The average Bonchev–Trinajstić information content (AvgIpc) is 3.26. The van der Waals surface area contributed by atoms with Gasteiger partial charge in [0.05, 0.1) is 23.3 Å². The number of hydrogen-bond donors (Lipinski definition) is 1. The molecule has 0 unspecified atom stereocenters. The third-order valence-electron chi connectivity index (χ3n) is 5.39. The van der Waals surface area contributed by atoms with Gasteiger partial charge >= 0.3 is 0 Å². The van der Waals surface area contributed by atoms with Gasteiger partial charge in [0.2, 0.25) is 0 Å². The minimum Gasteiger partial charge on any atom is -0.307 e. The van der Waals surface area contributed by atoms with Gasteiger partial charge in [-0.2, -0.15) is 5.10 Å². The maximum atomic E-state index is 13.3. The van der Waals surface area contributed by atoms with Crippen LogP contribution in [0.5, 0.6) is 0 Å². The maximum Gasteiger partial charge on any atom is 0.264 e. The van der Waals surface area contributed by atoms with Crippen LogP contribution < -0.4 is 9.62 Å². The normalized spacial score (nSPS) is 11.2. The molecule has 4 aromatic rings. The summed E-state index contributed by atoms with van der Waals surface area (Å²) in [6, 6.07) is 24.7. The van der Waals surface area contributed by atoms with E-state index in [1.807, 2.05) is 31.2 Å². The second-order valence-corrected chi connectivity index (χ2v) is 9.71. The summed E-state index contributed by atoms with van der Waals surface area (Å²) >= 11 is 0. The standard InChI is InChI=1S/C26H26N4O3S/c1-3-30(23-12-5-4-6-13-23)34(32,33)24-14-8-11-22(18-24)26(31)28-25-15-16-27-29(25)19-21-10-7-9-20(2)17-21/h4-18H,3,19H2,1-2H3,(H,28,31). The Labute approximate surface area is 199 Å². The Morgan fingerprint density at radius 2 is 1.74 bits per heavy atom. The number of hydrogen-bond acceptors (Lipinski definition) is 4. The largest absolute Gasteiger partial charge is 0.307 e. The quantitative estimate of drug-likeness (QED) is 0.401. The van der Waals surface area contributed by atoms with Crippen molar-refractivity contribution in [1.82, 2.24) is 9.78 Å². The lowest BCUT2D eigenvalue weighted by molar-refractivity contribution is 0.102. The van der Waals surface area contributed by atoms with Crippen molar-refractivity contribution in [3.8, 4) is 0 Å². The molecule has 3 aromatic carbocycles. The second kappa shape index (κ2) is 9.93. The van der Waals surface area contributed by atoms with Crippen LogP contribution in [0.4, 0.5) is 11.5 Å². The minimum absolute atomic E-state index is 0.0547. The Kier molecular flexibility index (Phi) is 6.79. The van der Waals surface area contributed by atoms with Crippen LogP contribution in [0.25, 0.3) is 0 Å². The summed E-state index contributed by atoms with van der Waals surface area (Å²) in [5.74, 6) is 0.116. The van der Waals surface area contributed by atoms with Crippen LogP contribution in [0.1, 0.15) is 28.4 Å². The highest BCUT2D eigenvalue weighted by Crippen LogP contribution is 2.24.